The van der Waals surface area contributed by atoms with Crippen LogP contribution in [0.15, 0.2) is 23.1 Å². The SMILES string of the molecule is CCOC(=O)c1cc(NC(=O)C2C3CCC(C3)C2N)cc(S(C)(=O)=O)c1.Cl. The lowest BCUT2D eigenvalue weighted by Crippen LogP contribution is -2.42. The van der Waals surface area contributed by atoms with Gasteiger partial charge in [-0.2, -0.15) is 0 Å². The fraction of sp³-hybridized carbons (Fsp3) is 0.556. The number of carbonyl (C=O) groups excluding carboxylic acids is 2. The minimum Gasteiger partial charge on any atom is -0.462 e. The Balaban J connectivity index is 0.00000261. The number of nitrogens with two attached hydrogens (primary N) is 1. The third-order valence-electron chi connectivity index (χ3n) is 5.40. The van der Waals surface area contributed by atoms with Crippen LogP contribution >= 0.6 is 12.4 Å². The Kier molecular flexibility index (Phi) is 6.55. The molecular formula is C18H25ClN2O5S. The predicted molar refractivity (Wildman–Crippen MR) is 104 cm³/mol. The van der Waals surface area contributed by atoms with Crippen molar-refractivity contribution in [2.75, 3.05) is 18.2 Å². The molecule has 2 saturated carbocycles. The Hall–Kier alpha value is -1.64. The fourth-order valence-corrected chi connectivity index (χ4v) is 4.85. The maximum atomic E-state index is 12.7. The topological polar surface area (TPSA) is 116 Å². The van der Waals surface area contributed by atoms with Crippen LogP contribution in [0.5, 0.6) is 0 Å². The van der Waals surface area contributed by atoms with Crippen molar-refractivity contribution in [2.24, 2.45) is 23.5 Å². The van der Waals surface area contributed by atoms with Crippen LogP contribution in [-0.2, 0) is 19.4 Å². The Morgan fingerprint density at radius 2 is 1.89 bits per heavy atom. The van der Waals surface area contributed by atoms with Crippen molar-refractivity contribution in [3.8, 4) is 0 Å². The summed E-state index contributed by atoms with van der Waals surface area (Å²) in [7, 11) is -3.55. The van der Waals surface area contributed by atoms with E-state index in [9.17, 15) is 18.0 Å². The van der Waals surface area contributed by atoms with E-state index in [1.54, 1.807) is 6.92 Å². The van der Waals surface area contributed by atoms with E-state index in [0.29, 0.717) is 5.92 Å². The lowest BCUT2D eigenvalue weighted by molar-refractivity contribution is -0.121. The van der Waals surface area contributed by atoms with Gasteiger partial charge in [-0.1, -0.05) is 0 Å². The summed E-state index contributed by atoms with van der Waals surface area (Å²) in [4.78, 5) is 24.7. The molecule has 2 fully saturated rings. The zero-order chi connectivity index (χ0) is 19.1. The van der Waals surface area contributed by atoms with Gasteiger partial charge in [0.2, 0.25) is 5.91 Å². The molecule has 0 saturated heterocycles. The molecule has 7 nitrogen and oxygen atoms in total. The number of benzene rings is 1. The van der Waals surface area contributed by atoms with Crippen molar-refractivity contribution in [1.29, 1.82) is 0 Å². The highest BCUT2D eigenvalue weighted by Gasteiger charge is 2.49. The van der Waals surface area contributed by atoms with E-state index in [4.69, 9.17) is 10.5 Å². The second kappa shape index (κ2) is 8.16. The van der Waals surface area contributed by atoms with Gasteiger partial charge in [-0.15, -0.1) is 12.4 Å². The average Bonchev–Trinajstić information content (AvgIpc) is 3.14. The van der Waals surface area contributed by atoms with E-state index in [-0.39, 0.29) is 58.9 Å². The Morgan fingerprint density at radius 3 is 2.44 bits per heavy atom. The van der Waals surface area contributed by atoms with Crippen molar-refractivity contribution in [1.82, 2.24) is 0 Å². The van der Waals surface area contributed by atoms with Crippen molar-refractivity contribution in [2.45, 2.75) is 37.1 Å². The predicted octanol–water partition coefficient (Wildman–Crippen LogP) is 2.00. The summed E-state index contributed by atoms with van der Waals surface area (Å²) in [5.41, 5.74) is 6.55. The number of ether oxygens (including phenoxy) is 1. The van der Waals surface area contributed by atoms with Crippen LogP contribution in [0, 0.1) is 17.8 Å². The molecule has 150 valence electrons. The molecule has 0 spiro atoms. The molecule has 2 aliphatic carbocycles. The first-order valence-electron chi connectivity index (χ1n) is 8.79. The Labute approximate surface area is 165 Å². The van der Waals surface area contributed by atoms with E-state index < -0.39 is 15.8 Å². The minimum atomic E-state index is -3.55. The number of nitrogens with one attached hydrogen (secondary N) is 1. The quantitative estimate of drug-likeness (QED) is 0.709. The van der Waals surface area contributed by atoms with Gasteiger partial charge in [0.15, 0.2) is 9.84 Å². The number of carbonyl (C=O) groups is 2. The van der Waals surface area contributed by atoms with E-state index in [2.05, 4.69) is 5.32 Å². The minimum absolute atomic E-state index is 0. The molecule has 1 amide bonds. The lowest BCUT2D eigenvalue weighted by atomic mass is 9.84. The molecule has 2 bridgehead atoms. The lowest BCUT2D eigenvalue weighted by Gasteiger charge is -2.27. The fourth-order valence-electron chi connectivity index (χ4n) is 4.17. The summed E-state index contributed by atoms with van der Waals surface area (Å²) in [6, 6.07) is 3.88. The normalized spacial score (nSPS) is 26.3. The van der Waals surface area contributed by atoms with Gasteiger partial charge >= 0.3 is 5.97 Å². The van der Waals surface area contributed by atoms with Crippen LogP contribution in [0.4, 0.5) is 5.69 Å². The molecule has 9 heteroatoms. The molecule has 2 aliphatic rings. The zero-order valence-corrected chi connectivity index (χ0v) is 16.9. The molecule has 0 aromatic heterocycles. The Bertz CT molecular complexity index is 840. The van der Waals surface area contributed by atoms with Gasteiger partial charge in [-0.05, 0) is 56.2 Å². The summed E-state index contributed by atoms with van der Waals surface area (Å²) in [6.07, 6.45) is 4.07. The van der Waals surface area contributed by atoms with Gasteiger partial charge in [0.1, 0.15) is 0 Å². The van der Waals surface area contributed by atoms with E-state index in [1.165, 1.54) is 18.2 Å². The number of hydrogen-bond acceptors (Lipinski definition) is 6. The van der Waals surface area contributed by atoms with Crippen LogP contribution in [0.25, 0.3) is 0 Å². The van der Waals surface area contributed by atoms with Gasteiger partial charge in [0.25, 0.3) is 0 Å². The summed E-state index contributed by atoms with van der Waals surface area (Å²) >= 11 is 0. The monoisotopic (exact) mass is 416 g/mol. The summed E-state index contributed by atoms with van der Waals surface area (Å²) in [6.45, 7) is 1.83. The van der Waals surface area contributed by atoms with Gasteiger partial charge in [0.05, 0.1) is 23.0 Å². The second-order valence-corrected chi connectivity index (χ2v) is 9.18. The third kappa shape index (κ3) is 4.44. The van der Waals surface area contributed by atoms with Gasteiger partial charge in [0, 0.05) is 18.0 Å². The number of rotatable bonds is 5. The summed E-state index contributed by atoms with van der Waals surface area (Å²) in [5, 5.41) is 2.76. The molecule has 4 atom stereocenters. The van der Waals surface area contributed by atoms with Crippen LogP contribution < -0.4 is 11.1 Å². The number of halogens is 1. The first-order valence-corrected chi connectivity index (χ1v) is 10.7. The standard InChI is InChI=1S/C18H24N2O5S.ClH/c1-3-25-18(22)12-7-13(9-14(8-12)26(2,23)24)20-17(21)15-10-4-5-11(6-10)16(15)19;/h7-11,15-16H,3-6,19H2,1-2H3,(H,20,21);1H. The van der Waals surface area contributed by atoms with Crippen molar-refractivity contribution in [3.05, 3.63) is 23.8 Å². The third-order valence-corrected chi connectivity index (χ3v) is 6.49. The van der Waals surface area contributed by atoms with Crippen LogP contribution in [-0.4, -0.2) is 39.2 Å². The molecule has 0 aliphatic heterocycles. The van der Waals surface area contributed by atoms with Crippen molar-refractivity contribution < 1.29 is 22.7 Å². The van der Waals surface area contributed by atoms with E-state index in [0.717, 1.165) is 25.5 Å². The summed E-state index contributed by atoms with van der Waals surface area (Å²) < 4.78 is 28.8. The van der Waals surface area contributed by atoms with E-state index >= 15 is 0 Å². The highest BCUT2D eigenvalue weighted by molar-refractivity contribution is 7.90. The van der Waals surface area contributed by atoms with Gasteiger partial charge in [-0.25, -0.2) is 13.2 Å². The van der Waals surface area contributed by atoms with Crippen LogP contribution in [0.3, 0.4) is 0 Å². The zero-order valence-electron chi connectivity index (χ0n) is 15.3. The largest absolute Gasteiger partial charge is 0.462 e. The average molecular weight is 417 g/mol. The summed E-state index contributed by atoms with van der Waals surface area (Å²) in [5.74, 6) is -0.470. The molecule has 27 heavy (non-hydrogen) atoms. The molecule has 3 rings (SSSR count). The van der Waals surface area contributed by atoms with Crippen molar-refractivity contribution in [3.63, 3.8) is 0 Å². The molecule has 1 aromatic rings. The number of anilines is 1. The number of amides is 1. The molecular weight excluding hydrogens is 392 g/mol. The van der Waals surface area contributed by atoms with Crippen LogP contribution in [0.1, 0.15) is 36.5 Å². The molecule has 0 heterocycles. The molecule has 1 aromatic carbocycles. The van der Waals surface area contributed by atoms with Gasteiger partial charge < -0.3 is 15.8 Å². The molecule has 4 unspecified atom stereocenters. The number of hydrogen-bond donors (Lipinski definition) is 2. The maximum Gasteiger partial charge on any atom is 0.338 e. The first-order chi connectivity index (χ1) is 12.2. The smallest absolute Gasteiger partial charge is 0.338 e. The highest BCUT2D eigenvalue weighted by atomic mass is 35.5. The highest BCUT2D eigenvalue weighted by Crippen LogP contribution is 2.47. The Morgan fingerprint density at radius 1 is 1.22 bits per heavy atom. The first kappa shape index (κ1) is 21.7. The second-order valence-electron chi connectivity index (χ2n) is 7.16. The number of fused-ring (bicyclic) bond motifs is 2. The maximum absolute atomic E-state index is 12.7. The molecule has 0 radical (unpaired) electrons. The number of sulfone groups is 1. The van der Waals surface area contributed by atoms with Gasteiger partial charge in [-0.3, -0.25) is 4.79 Å². The van der Waals surface area contributed by atoms with E-state index in [1.807, 2.05) is 0 Å². The van der Waals surface area contributed by atoms with Crippen LogP contribution in [0.2, 0.25) is 0 Å². The van der Waals surface area contributed by atoms with Crippen molar-refractivity contribution >= 4 is 39.8 Å². The number of esters is 1. The molecule has 3 N–H and O–H groups in total.